The first-order chi connectivity index (χ1) is 54.1. The average Bonchev–Trinajstić information content (AvgIpc) is 1.60. The molecule has 4 heterocycles. The molecule has 17 aromatic carbocycles. The normalized spacial score (nSPS) is 12.5. The van der Waals surface area contributed by atoms with Gasteiger partial charge in [-0.3, -0.25) is 0 Å². The predicted octanol–water partition coefficient (Wildman–Crippen LogP) is 18.1. The van der Waals surface area contributed by atoms with E-state index in [2.05, 4.69) is 450 Å². The molecule has 4 nitrogen and oxygen atoms in total. The van der Waals surface area contributed by atoms with Crippen LogP contribution in [0.1, 0.15) is 0 Å². The Hall–Kier alpha value is -13.6. The van der Waals surface area contributed by atoms with Crippen LogP contribution in [0.4, 0.5) is 34.1 Å². The summed E-state index contributed by atoms with van der Waals surface area (Å²) in [7, 11) is -5.93. The molecule has 510 valence electrons. The molecular weight excluding hydrogens is 1350 g/mol. The lowest BCUT2D eigenvalue weighted by atomic mass is 9.33. The molecule has 0 radical (unpaired) electrons. The summed E-state index contributed by atoms with van der Waals surface area (Å²) in [5.41, 5.74) is 21.9. The number of benzene rings is 17. The van der Waals surface area contributed by atoms with Crippen LogP contribution in [-0.4, -0.2) is 32.0 Å². The number of fused-ring (bicyclic) bond motifs is 10. The summed E-state index contributed by atoms with van der Waals surface area (Å²) in [6.45, 7) is -0.197. The summed E-state index contributed by atoms with van der Waals surface area (Å²) in [4.78, 5) is 5.26. The summed E-state index contributed by atoms with van der Waals surface area (Å²) in [6.07, 6.45) is 0. The monoisotopic (exact) mass is 1420 g/mol. The molecule has 0 amide bonds. The van der Waals surface area contributed by atoms with Crippen molar-refractivity contribution in [2.24, 2.45) is 0 Å². The fraction of sp³-hybridized carbons (Fsp3) is 0. The Morgan fingerprint density at radius 2 is 0.459 bits per heavy atom. The maximum absolute atomic E-state index is 2.97. The summed E-state index contributed by atoms with van der Waals surface area (Å²) in [5.74, 6) is 0. The van der Waals surface area contributed by atoms with Crippen molar-refractivity contribution in [1.29, 1.82) is 0 Å². The smallest absolute Gasteiger partial charge is 0.252 e. The van der Waals surface area contributed by atoms with Crippen molar-refractivity contribution in [2.75, 3.05) is 9.80 Å². The number of para-hydroxylation sites is 6. The van der Waals surface area contributed by atoms with Crippen LogP contribution >= 0.6 is 0 Å². The highest BCUT2D eigenvalue weighted by atomic mass is 28.3. The number of anilines is 6. The maximum Gasteiger partial charge on any atom is 0.252 e. The van der Waals surface area contributed by atoms with Crippen LogP contribution in [0.3, 0.4) is 0 Å². The zero-order valence-corrected chi connectivity index (χ0v) is 61.9. The molecule has 109 heavy (non-hydrogen) atoms. The van der Waals surface area contributed by atoms with Crippen LogP contribution in [0.15, 0.2) is 431 Å². The van der Waals surface area contributed by atoms with Gasteiger partial charge in [0.15, 0.2) is 16.1 Å². The van der Waals surface area contributed by atoms with Gasteiger partial charge < -0.3 is 18.9 Å². The van der Waals surface area contributed by atoms with Crippen molar-refractivity contribution < 1.29 is 0 Å². The minimum absolute atomic E-state index is 0.197. The van der Waals surface area contributed by atoms with E-state index in [4.69, 9.17) is 0 Å². The lowest BCUT2D eigenvalue weighted by molar-refractivity contribution is 1.17. The topological polar surface area (TPSA) is 16.3 Å². The third-order valence-corrected chi connectivity index (χ3v) is 32.9. The van der Waals surface area contributed by atoms with Crippen molar-refractivity contribution in [3.05, 3.63) is 431 Å². The van der Waals surface area contributed by atoms with E-state index in [1.165, 1.54) is 101 Å². The lowest BCUT2D eigenvalue weighted by Gasteiger charge is -2.45. The van der Waals surface area contributed by atoms with Crippen LogP contribution in [0.25, 0.3) is 77.2 Å². The molecule has 0 spiro atoms. The molecule has 0 saturated heterocycles. The van der Waals surface area contributed by atoms with Gasteiger partial charge in [-0.15, -0.1) is 0 Å². The highest BCUT2D eigenvalue weighted by Crippen LogP contribution is 2.49. The fourth-order valence-corrected chi connectivity index (χ4v) is 28.5. The van der Waals surface area contributed by atoms with Gasteiger partial charge in [0.05, 0.1) is 33.4 Å². The van der Waals surface area contributed by atoms with E-state index < -0.39 is 16.1 Å². The lowest BCUT2D eigenvalue weighted by Crippen LogP contribution is -2.74. The first-order valence-corrected chi connectivity index (χ1v) is 41.8. The van der Waals surface area contributed by atoms with E-state index in [1.54, 1.807) is 0 Å². The minimum atomic E-state index is -2.97. The number of hydrogen-bond donors (Lipinski definition) is 0. The number of rotatable bonds is 14. The largest absolute Gasteiger partial charge is 0.311 e. The van der Waals surface area contributed by atoms with Gasteiger partial charge in [-0.05, 0) is 142 Å². The van der Waals surface area contributed by atoms with Crippen LogP contribution < -0.4 is 67.7 Å². The van der Waals surface area contributed by atoms with Gasteiger partial charge in [-0.1, -0.05) is 358 Å². The fourth-order valence-electron chi connectivity index (χ4n) is 18.9. The van der Waals surface area contributed by atoms with E-state index in [-0.39, 0.29) is 6.71 Å². The van der Waals surface area contributed by atoms with Gasteiger partial charge in [-0.2, -0.15) is 0 Å². The molecule has 0 saturated carbocycles. The van der Waals surface area contributed by atoms with Crippen molar-refractivity contribution in [2.45, 2.75) is 0 Å². The van der Waals surface area contributed by atoms with Gasteiger partial charge in [0.1, 0.15) is 0 Å². The van der Waals surface area contributed by atoms with Crippen LogP contribution in [0.5, 0.6) is 0 Å². The zero-order chi connectivity index (χ0) is 72.0. The van der Waals surface area contributed by atoms with Gasteiger partial charge in [0, 0.05) is 66.8 Å². The Bertz CT molecular complexity index is 6000. The van der Waals surface area contributed by atoms with Crippen molar-refractivity contribution in [3.63, 3.8) is 0 Å². The Balaban J connectivity index is 0.826. The van der Waals surface area contributed by atoms with Crippen LogP contribution in [0, 0.1) is 0 Å². The summed E-state index contributed by atoms with van der Waals surface area (Å²) < 4.78 is 4.97. The summed E-state index contributed by atoms with van der Waals surface area (Å²) in [5, 5.41) is 15.6. The molecule has 2 aliphatic rings. The van der Waals surface area contributed by atoms with E-state index in [0.29, 0.717) is 0 Å². The zero-order valence-electron chi connectivity index (χ0n) is 59.9. The highest BCUT2D eigenvalue weighted by Gasteiger charge is 2.47. The van der Waals surface area contributed by atoms with Gasteiger partial charge in [0.25, 0.3) is 6.71 Å². The number of hydrogen-bond acceptors (Lipinski definition) is 2. The quantitative estimate of drug-likeness (QED) is 0.0797. The Labute approximate surface area is 637 Å². The second-order valence-corrected chi connectivity index (χ2v) is 36.6. The standard InChI is InChI=1S/C102H71BN4Si2/c1-7-36-76(37-8-1)108(77-38-9-2-10-39-77,78-40-11-3-12-41-78)82-48-31-34-72(68-82)84-50-19-25-56-92(84)106-98-62-33-63-99-102(98)103(90-66-64-74(70-100(90)106)104-94-58-27-21-52-86(94)87-53-22-28-59-95(87)104)91-67-65-75(105-96-60-29-23-54-88(96)89-55-24-30-61-97(89)105)71-101(91)107(99)93-57-26-20-51-85(93)73-35-32-49-83(69-73)109(79-42-13-4-14-43-79,80-44-15-5-16-45-80)81-46-17-6-18-47-81/h1-71H. The summed E-state index contributed by atoms with van der Waals surface area (Å²) in [6, 6.07) is 163. The van der Waals surface area contributed by atoms with E-state index in [1.807, 2.05) is 0 Å². The molecule has 19 aromatic rings. The van der Waals surface area contributed by atoms with Gasteiger partial charge in [-0.25, -0.2) is 0 Å². The molecule has 2 aromatic heterocycles. The molecule has 21 rings (SSSR count). The van der Waals surface area contributed by atoms with Crippen molar-refractivity contribution >= 4 is 158 Å². The Kier molecular flexibility index (Phi) is 15.3. The van der Waals surface area contributed by atoms with E-state index >= 15 is 0 Å². The average molecular weight is 1420 g/mol. The predicted molar refractivity (Wildman–Crippen MR) is 467 cm³/mol. The molecule has 0 fully saturated rings. The third kappa shape index (κ3) is 9.97. The van der Waals surface area contributed by atoms with E-state index in [0.717, 1.165) is 67.8 Å². The first-order valence-electron chi connectivity index (χ1n) is 37.8. The molecular formula is C102H71BN4Si2. The summed E-state index contributed by atoms with van der Waals surface area (Å²) >= 11 is 0. The molecule has 0 bridgehead atoms. The molecule has 0 atom stereocenters. The molecule has 7 heteroatoms. The minimum Gasteiger partial charge on any atom is -0.311 e. The molecule has 0 unspecified atom stereocenters. The van der Waals surface area contributed by atoms with Crippen LogP contribution in [0.2, 0.25) is 0 Å². The second kappa shape index (κ2) is 26.2. The highest BCUT2D eigenvalue weighted by molar-refractivity contribution is 7.20. The first kappa shape index (κ1) is 63.9. The number of nitrogens with zero attached hydrogens (tertiary/aromatic N) is 4. The Morgan fingerprint density at radius 3 is 0.789 bits per heavy atom. The van der Waals surface area contributed by atoms with Gasteiger partial charge in [0.2, 0.25) is 0 Å². The van der Waals surface area contributed by atoms with E-state index in [9.17, 15) is 0 Å². The van der Waals surface area contributed by atoms with Crippen LogP contribution in [-0.2, 0) is 0 Å². The van der Waals surface area contributed by atoms with Crippen molar-refractivity contribution in [3.8, 4) is 33.6 Å². The Morgan fingerprint density at radius 1 is 0.193 bits per heavy atom. The molecule has 2 aliphatic heterocycles. The SMILES string of the molecule is c1ccc([Si](c2ccccc2)(c2ccccc2)c2cccc(-c3ccccc3N3c4cc(-n5c6ccccc6c6ccccc65)ccc4B4c5ccc(-n6c7ccccc7c7ccccc76)cc5N(c5ccccc5-c5cccc([Si](c6ccccc6)(c6ccccc6)c6ccccc6)c5)c5cccc3c54)c2)cc1. The van der Waals surface area contributed by atoms with Crippen molar-refractivity contribution in [1.82, 2.24) is 9.13 Å². The molecule has 0 aliphatic carbocycles. The number of aromatic nitrogens is 2. The maximum atomic E-state index is 2.63. The van der Waals surface area contributed by atoms with Gasteiger partial charge >= 0.3 is 0 Å². The third-order valence-electron chi connectivity index (χ3n) is 23.4. The molecule has 0 N–H and O–H groups in total. The second-order valence-electron chi connectivity index (χ2n) is 28.9.